The molecule has 2 heterocycles. The molecule has 15 heteroatoms. The minimum Gasteiger partial charge on any atom is -0.491 e. The van der Waals surface area contributed by atoms with Gasteiger partial charge in [0.15, 0.2) is 11.6 Å². The fraction of sp³-hybridized carbons (Fsp3) is 0.0833. The van der Waals surface area contributed by atoms with Gasteiger partial charge in [0.25, 0.3) is 23.6 Å². The van der Waals surface area contributed by atoms with E-state index in [-0.39, 0.29) is 82.1 Å². The Morgan fingerprint density at radius 3 is 1.05 bits per heavy atom. The topological polar surface area (TPSA) is 211 Å². The third kappa shape index (κ3) is 8.18. The third-order valence-corrected chi connectivity index (χ3v) is 10.3. The van der Waals surface area contributed by atoms with Crippen LogP contribution in [0.3, 0.4) is 0 Å². The maximum absolute atomic E-state index is 13.3. The highest BCUT2D eigenvalue weighted by Crippen LogP contribution is 2.32. The number of imide groups is 2. The molecule has 2 N–H and O–H groups in total. The number of hydrogen-bond acceptors (Lipinski definition) is 11. The molecular formula is C48H32N2O13. The Morgan fingerprint density at radius 1 is 0.381 bits per heavy atom. The van der Waals surface area contributed by atoms with Crippen molar-refractivity contribution < 1.29 is 62.8 Å². The Hall–Kier alpha value is -8.56. The van der Waals surface area contributed by atoms with E-state index < -0.39 is 47.1 Å². The minimum absolute atomic E-state index is 0.0286. The Morgan fingerprint density at radius 2 is 0.698 bits per heavy atom. The molecule has 0 saturated carbocycles. The molecule has 63 heavy (non-hydrogen) atoms. The van der Waals surface area contributed by atoms with Crippen molar-refractivity contribution in [2.45, 2.75) is 0 Å². The Labute approximate surface area is 357 Å². The van der Waals surface area contributed by atoms with E-state index in [1.165, 1.54) is 84.9 Å². The van der Waals surface area contributed by atoms with Gasteiger partial charge in [-0.3, -0.25) is 28.8 Å². The molecule has 4 amide bonds. The number of aromatic carboxylic acids is 2. The van der Waals surface area contributed by atoms with Crippen LogP contribution >= 0.6 is 0 Å². The van der Waals surface area contributed by atoms with Crippen molar-refractivity contribution in [3.8, 4) is 11.5 Å². The zero-order chi connectivity index (χ0) is 44.4. The number of fused-ring (bicyclic) bond motifs is 2. The summed E-state index contributed by atoms with van der Waals surface area (Å²) in [6.07, 6.45) is 0. The number of carboxylic acids is 2. The van der Waals surface area contributed by atoms with Crippen LogP contribution in [0.15, 0.2) is 133 Å². The third-order valence-electron chi connectivity index (χ3n) is 10.3. The fourth-order valence-electron chi connectivity index (χ4n) is 7.02. The van der Waals surface area contributed by atoms with E-state index in [0.29, 0.717) is 22.9 Å². The molecule has 6 aromatic carbocycles. The van der Waals surface area contributed by atoms with Gasteiger partial charge in [-0.1, -0.05) is 36.4 Å². The Kier molecular flexibility index (Phi) is 11.2. The number of carboxylic acid groups (broad SMARTS) is 2. The smallest absolute Gasteiger partial charge is 0.335 e. The Balaban J connectivity index is 0.777. The highest BCUT2D eigenvalue weighted by Gasteiger charge is 2.38. The van der Waals surface area contributed by atoms with Crippen molar-refractivity contribution in [2.24, 2.45) is 0 Å². The average Bonchev–Trinajstić information content (AvgIpc) is 3.71. The van der Waals surface area contributed by atoms with Gasteiger partial charge in [0.2, 0.25) is 0 Å². The summed E-state index contributed by atoms with van der Waals surface area (Å²) in [6, 6.07) is 32.0. The molecule has 0 aromatic heterocycles. The molecule has 15 nitrogen and oxygen atoms in total. The van der Waals surface area contributed by atoms with E-state index in [4.69, 9.17) is 24.4 Å². The number of rotatable bonds is 16. The van der Waals surface area contributed by atoms with Gasteiger partial charge in [0.1, 0.15) is 24.7 Å². The van der Waals surface area contributed by atoms with E-state index >= 15 is 0 Å². The molecule has 2 aliphatic heterocycles. The van der Waals surface area contributed by atoms with Crippen LogP contribution in [0, 0.1) is 0 Å². The van der Waals surface area contributed by atoms with Crippen LogP contribution in [0.25, 0.3) is 0 Å². The molecule has 0 atom stereocenters. The lowest BCUT2D eigenvalue weighted by Gasteiger charge is -2.15. The largest absolute Gasteiger partial charge is 0.491 e. The van der Waals surface area contributed by atoms with Gasteiger partial charge in [-0.25, -0.2) is 19.4 Å². The lowest BCUT2D eigenvalue weighted by atomic mass is 9.98. The van der Waals surface area contributed by atoms with Gasteiger partial charge in [-0.05, 0) is 97.1 Å². The zero-order valence-electron chi connectivity index (χ0n) is 32.8. The number of hydrogen-bond donors (Lipinski definition) is 2. The molecule has 2 aliphatic rings. The number of anilines is 2. The average molecular weight is 845 g/mol. The maximum atomic E-state index is 13.3. The van der Waals surface area contributed by atoms with Crippen LogP contribution < -0.4 is 19.3 Å². The second-order valence-corrected chi connectivity index (χ2v) is 14.1. The summed E-state index contributed by atoms with van der Waals surface area (Å²) in [5.74, 6) is -4.44. The van der Waals surface area contributed by atoms with Crippen LogP contribution in [0.2, 0.25) is 0 Å². The lowest BCUT2D eigenvalue weighted by molar-refractivity contribution is 0.0686. The monoisotopic (exact) mass is 844 g/mol. The summed E-state index contributed by atoms with van der Waals surface area (Å²) >= 11 is 0. The van der Waals surface area contributed by atoms with E-state index in [2.05, 4.69) is 0 Å². The number of ether oxygens (including phenoxy) is 3. The number of benzene rings is 6. The molecule has 0 unspecified atom stereocenters. The Bertz CT molecular complexity index is 2670. The summed E-state index contributed by atoms with van der Waals surface area (Å²) in [5, 5.41) is 18.2. The molecule has 312 valence electrons. The van der Waals surface area contributed by atoms with E-state index in [1.807, 2.05) is 0 Å². The predicted octanol–water partition coefficient (Wildman–Crippen LogP) is 6.62. The first kappa shape index (κ1) is 41.2. The summed E-state index contributed by atoms with van der Waals surface area (Å²) in [4.78, 5) is 104. The van der Waals surface area contributed by atoms with Gasteiger partial charge >= 0.3 is 11.9 Å². The van der Waals surface area contributed by atoms with Crippen LogP contribution in [0.5, 0.6) is 11.5 Å². The highest BCUT2D eigenvalue weighted by atomic mass is 16.5. The molecule has 0 saturated heterocycles. The number of carbonyl (C=O) groups excluding carboxylic acids is 6. The maximum Gasteiger partial charge on any atom is 0.335 e. The second-order valence-electron chi connectivity index (χ2n) is 14.1. The van der Waals surface area contributed by atoms with Gasteiger partial charge in [-0.2, -0.15) is 0 Å². The van der Waals surface area contributed by atoms with Crippen LogP contribution in [-0.4, -0.2) is 83.8 Å². The van der Waals surface area contributed by atoms with Crippen molar-refractivity contribution in [1.29, 1.82) is 0 Å². The molecule has 0 spiro atoms. The molecular weight excluding hydrogens is 813 g/mol. The van der Waals surface area contributed by atoms with Crippen LogP contribution in [0.1, 0.15) is 94.0 Å². The molecule has 6 aromatic rings. The normalized spacial score (nSPS) is 12.9. The van der Waals surface area contributed by atoms with E-state index in [1.54, 1.807) is 48.5 Å². The summed E-state index contributed by atoms with van der Waals surface area (Å²) in [5.41, 5.74) is 1.94. The van der Waals surface area contributed by atoms with Crippen molar-refractivity contribution >= 4 is 58.5 Å². The molecule has 0 bridgehead atoms. The summed E-state index contributed by atoms with van der Waals surface area (Å²) < 4.78 is 17.1. The zero-order valence-corrected chi connectivity index (χ0v) is 32.8. The van der Waals surface area contributed by atoms with Gasteiger partial charge < -0.3 is 24.4 Å². The van der Waals surface area contributed by atoms with E-state index in [9.17, 15) is 38.4 Å². The fourth-order valence-corrected chi connectivity index (χ4v) is 7.02. The van der Waals surface area contributed by atoms with Crippen LogP contribution in [0.4, 0.5) is 11.4 Å². The van der Waals surface area contributed by atoms with Crippen LogP contribution in [-0.2, 0) is 4.74 Å². The van der Waals surface area contributed by atoms with Gasteiger partial charge in [0, 0.05) is 22.3 Å². The molecule has 0 radical (unpaired) electrons. The number of nitrogens with zero attached hydrogens (tertiary/aromatic N) is 2. The van der Waals surface area contributed by atoms with Crippen molar-refractivity contribution in [3.05, 3.63) is 189 Å². The second kappa shape index (κ2) is 17.2. The summed E-state index contributed by atoms with van der Waals surface area (Å²) in [6.45, 7) is 0.813. The van der Waals surface area contributed by atoms with Crippen molar-refractivity contribution in [3.63, 3.8) is 0 Å². The van der Waals surface area contributed by atoms with Gasteiger partial charge in [-0.15, -0.1) is 0 Å². The summed E-state index contributed by atoms with van der Waals surface area (Å²) in [7, 11) is 0. The van der Waals surface area contributed by atoms with Gasteiger partial charge in [0.05, 0.1) is 58.0 Å². The lowest BCUT2D eigenvalue weighted by Crippen LogP contribution is -2.29. The standard InChI is InChI=1S/C48H32N2O13/c51-41(27-1-5-29(6-2-27)47(57)58)31-9-19-37-39(25-31)45(55)49(43(37)53)33-11-15-35(16-12-33)62-23-21-61-22-24-63-36-17-13-34(14-18-36)50-44(54)38-20-10-32(26-40(38)46(50)56)42(52)28-3-7-30(8-4-28)48(59)60/h1-20,25-26H,21-24H2,(H,57,58)(H,59,60). The molecule has 8 rings (SSSR count). The van der Waals surface area contributed by atoms with E-state index in [0.717, 1.165) is 9.80 Å². The minimum atomic E-state index is -1.12. The SMILES string of the molecule is O=C(O)c1ccc(C(=O)c2ccc3c(c2)C(=O)N(c2ccc(OCCOCCOc4ccc(N5C(=O)c6ccc(C(=O)c7ccc(C(=O)O)cc7)cc6C5=O)cc4)cc2)C3=O)cc1. The first-order valence-electron chi connectivity index (χ1n) is 19.2. The number of carbonyl (C=O) groups is 8. The first-order valence-corrected chi connectivity index (χ1v) is 19.2. The molecule has 0 fully saturated rings. The highest BCUT2D eigenvalue weighted by molar-refractivity contribution is 6.36. The number of amides is 4. The quantitative estimate of drug-likeness (QED) is 0.0597. The number of ketones is 2. The predicted molar refractivity (Wildman–Crippen MR) is 224 cm³/mol. The van der Waals surface area contributed by atoms with Crippen molar-refractivity contribution in [2.75, 3.05) is 36.2 Å². The molecule has 0 aliphatic carbocycles. The van der Waals surface area contributed by atoms with Crippen molar-refractivity contribution in [1.82, 2.24) is 0 Å². The first-order chi connectivity index (χ1) is 30.4.